The van der Waals surface area contributed by atoms with Crippen molar-refractivity contribution in [3.05, 3.63) is 35.6 Å². The molecule has 0 saturated carbocycles. The Morgan fingerprint density at radius 3 is 3.00 bits per heavy atom. The van der Waals surface area contributed by atoms with Crippen molar-refractivity contribution in [2.75, 3.05) is 0 Å². The average molecular weight is 238 g/mol. The lowest BCUT2D eigenvalue weighted by Crippen LogP contribution is -2.20. The van der Waals surface area contributed by atoms with E-state index in [1.54, 1.807) is 6.20 Å². The van der Waals surface area contributed by atoms with E-state index in [2.05, 4.69) is 20.9 Å². The minimum atomic E-state index is 0.0434. The summed E-state index contributed by atoms with van der Waals surface area (Å²) in [5.74, 6) is 0.0434. The summed E-state index contributed by atoms with van der Waals surface area (Å²) >= 11 is 3.43. The summed E-state index contributed by atoms with van der Waals surface area (Å²) in [6.07, 6.45) is 6.97. The van der Waals surface area contributed by atoms with Crippen molar-refractivity contribution in [3.8, 4) is 0 Å². The summed E-state index contributed by atoms with van der Waals surface area (Å²) in [6.45, 7) is 1.96. The van der Waals surface area contributed by atoms with Gasteiger partial charge in [-0.1, -0.05) is 28.1 Å². The first-order chi connectivity index (χ1) is 6.18. The van der Waals surface area contributed by atoms with Gasteiger partial charge in [-0.05, 0) is 12.5 Å². The quantitative estimate of drug-likeness (QED) is 0.594. The molecule has 1 unspecified atom stereocenters. The molecule has 0 radical (unpaired) electrons. The molecule has 1 atom stereocenters. The number of aliphatic imine (C=N–C) groups is 1. The lowest BCUT2D eigenvalue weighted by Gasteiger charge is -2.17. The molecule has 0 bridgehead atoms. The third-order valence-electron chi connectivity index (χ3n) is 2.06. The lowest BCUT2D eigenvalue weighted by molar-refractivity contribution is -0.110. The van der Waals surface area contributed by atoms with E-state index in [-0.39, 0.29) is 10.6 Å². The fourth-order valence-corrected chi connectivity index (χ4v) is 2.12. The highest BCUT2D eigenvalue weighted by atomic mass is 79.9. The van der Waals surface area contributed by atoms with Crippen molar-refractivity contribution >= 4 is 27.4 Å². The number of fused-ring (bicyclic) bond motifs is 1. The summed E-state index contributed by atoms with van der Waals surface area (Å²) in [4.78, 5) is 15.8. The third-order valence-corrected chi connectivity index (χ3v) is 2.59. The number of allylic oxidation sites excluding steroid dienone is 5. The Balaban J connectivity index is 2.52. The second-order valence-corrected chi connectivity index (χ2v) is 4.09. The smallest absolute Gasteiger partial charge is 0.189 e. The fourth-order valence-electron chi connectivity index (χ4n) is 1.46. The van der Waals surface area contributed by atoms with Gasteiger partial charge in [0.1, 0.15) is 0 Å². The average Bonchev–Trinajstić information content (AvgIpc) is 2.07. The molecule has 13 heavy (non-hydrogen) atoms. The monoisotopic (exact) mass is 237 g/mol. The van der Waals surface area contributed by atoms with Gasteiger partial charge < -0.3 is 0 Å². The second kappa shape index (κ2) is 3.07. The molecular formula is C10H8BrNO. The number of alkyl halides is 1. The van der Waals surface area contributed by atoms with Crippen molar-refractivity contribution < 1.29 is 4.79 Å². The number of halogens is 1. The molecule has 1 aliphatic heterocycles. The highest BCUT2D eigenvalue weighted by Crippen LogP contribution is 2.23. The van der Waals surface area contributed by atoms with E-state index in [0.29, 0.717) is 5.57 Å². The molecule has 0 amide bonds. The zero-order chi connectivity index (χ0) is 9.42. The SMILES string of the molecule is CC1=CC(Br)C=C2C(=O)C=CN=C12. The van der Waals surface area contributed by atoms with Gasteiger partial charge in [0, 0.05) is 17.8 Å². The molecule has 2 aliphatic rings. The highest BCUT2D eigenvalue weighted by molar-refractivity contribution is 9.09. The van der Waals surface area contributed by atoms with Crippen LogP contribution in [0, 0.1) is 0 Å². The first kappa shape index (κ1) is 8.63. The largest absolute Gasteiger partial charge is 0.289 e. The van der Waals surface area contributed by atoms with Crippen molar-refractivity contribution in [3.63, 3.8) is 0 Å². The van der Waals surface area contributed by atoms with Gasteiger partial charge in [-0.15, -0.1) is 0 Å². The Labute approximate surface area is 84.9 Å². The number of ketones is 1. The summed E-state index contributed by atoms with van der Waals surface area (Å²) in [5.41, 5.74) is 2.57. The highest BCUT2D eigenvalue weighted by Gasteiger charge is 2.22. The molecule has 2 nitrogen and oxygen atoms in total. The molecule has 0 aromatic carbocycles. The second-order valence-electron chi connectivity index (χ2n) is 3.03. The third kappa shape index (κ3) is 1.44. The van der Waals surface area contributed by atoms with Crippen LogP contribution in [-0.2, 0) is 4.79 Å². The van der Waals surface area contributed by atoms with Crippen LogP contribution in [0.1, 0.15) is 6.92 Å². The molecule has 1 heterocycles. The first-order valence-electron chi connectivity index (χ1n) is 4.02. The van der Waals surface area contributed by atoms with E-state index < -0.39 is 0 Å². The number of hydrogen-bond donors (Lipinski definition) is 0. The Morgan fingerprint density at radius 1 is 1.46 bits per heavy atom. The van der Waals surface area contributed by atoms with Crippen molar-refractivity contribution in [2.45, 2.75) is 11.8 Å². The van der Waals surface area contributed by atoms with Crippen molar-refractivity contribution in [2.24, 2.45) is 4.99 Å². The molecule has 0 spiro atoms. The Bertz CT molecular complexity index is 388. The Kier molecular flexibility index (Phi) is 2.04. The molecule has 0 N–H and O–H groups in total. The molecular weight excluding hydrogens is 230 g/mol. The Morgan fingerprint density at radius 2 is 2.23 bits per heavy atom. The van der Waals surface area contributed by atoms with Gasteiger partial charge in [0.2, 0.25) is 0 Å². The van der Waals surface area contributed by atoms with Crippen LogP contribution in [-0.4, -0.2) is 16.3 Å². The molecule has 3 heteroatoms. The van der Waals surface area contributed by atoms with Gasteiger partial charge in [0.15, 0.2) is 5.78 Å². The topological polar surface area (TPSA) is 29.4 Å². The number of carbonyl (C=O) groups excluding carboxylic acids is 1. The maximum Gasteiger partial charge on any atom is 0.189 e. The summed E-state index contributed by atoms with van der Waals surface area (Å²) in [7, 11) is 0. The zero-order valence-electron chi connectivity index (χ0n) is 7.12. The first-order valence-corrected chi connectivity index (χ1v) is 4.94. The summed E-state index contributed by atoms with van der Waals surface area (Å²) in [5, 5.41) is 0. The van der Waals surface area contributed by atoms with Gasteiger partial charge in [-0.25, -0.2) is 0 Å². The van der Waals surface area contributed by atoms with Gasteiger partial charge in [0.25, 0.3) is 0 Å². The lowest BCUT2D eigenvalue weighted by atomic mass is 9.92. The summed E-state index contributed by atoms with van der Waals surface area (Å²) in [6, 6.07) is 0. The maximum atomic E-state index is 11.4. The molecule has 2 rings (SSSR count). The minimum absolute atomic E-state index is 0.0434. The number of rotatable bonds is 0. The standard InChI is InChI=1S/C10H8BrNO/c1-6-4-7(11)5-8-9(13)2-3-12-10(6)8/h2-5,7H,1H3. The molecule has 0 saturated heterocycles. The van der Waals surface area contributed by atoms with Crippen molar-refractivity contribution in [1.82, 2.24) is 0 Å². The molecule has 66 valence electrons. The maximum absolute atomic E-state index is 11.4. The van der Waals surface area contributed by atoms with E-state index in [4.69, 9.17) is 0 Å². The summed E-state index contributed by atoms with van der Waals surface area (Å²) < 4.78 is 0. The normalized spacial score (nSPS) is 26.2. The van der Waals surface area contributed by atoms with Crippen LogP contribution < -0.4 is 0 Å². The van der Waals surface area contributed by atoms with Gasteiger partial charge in [0.05, 0.1) is 10.5 Å². The minimum Gasteiger partial charge on any atom is -0.289 e. The van der Waals surface area contributed by atoms with Crippen molar-refractivity contribution in [1.29, 1.82) is 0 Å². The molecule has 1 aliphatic carbocycles. The van der Waals surface area contributed by atoms with Crippen LogP contribution in [0.25, 0.3) is 0 Å². The Hall–Kier alpha value is -0.960. The number of nitrogens with zero attached hydrogens (tertiary/aromatic N) is 1. The van der Waals surface area contributed by atoms with Crippen LogP contribution in [0.3, 0.4) is 0 Å². The van der Waals surface area contributed by atoms with Crippen LogP contribution in [0.2, 0.25) is 0 Å². The van der Waals surface area contributed by atoms with Gasteiger partial charge >= 0.3 is 0 Å². The van der Waals surface area contributed by atoms with E-state index in [1.165, 1.54) is 6.08 Å². The predicted octanol–water partition coefficient (Wildman–Crippen LogP) is 2.17. The van der Waals surface area contributed by atoms with Crippen LogP contribution in [0.4, 0.5) is 0 Å². The van der Waals surface area contributed by atoms with E-state index in [0.717, 1.165) is 11.3 Å². The van der Waals surface area contributed by atoms with Crippen LogP contribution in [0.5, 0.6) is 0 Å². The van der Waals surface area contributed by atoms with E-state index >= 15 is 0 Å². The number of hydrogen-bond acceptors (Lipinski definition) is 2. The van der Waals surface area contributed by atoms with Crippen LogP contribution in [0.15, 0.2) is 40.6 Å². The van der Waals surface area contributed by atoms with Gasteiger partial charge in [-0.3, -0.25) is 9.79 Å². The van der Waals surface area contributed by atoms with Gasteiger partial charge in [-0.2, -0.15) is 0 Å². The predicted molar refractivity (Wildman–Crippen MR) is 56.1 cm³/mol. The fraction of sp³-hybridized carbons (Fsp3) is 0.200. The van der Waals surface area contributed by atoms with E-state index in [9.17, 15) is 4.79 Å². The molecule has 0 aromatic rings. The molecule has 0 fully saturated rings. The van der Waals surface area contributed by atoms with E-state index in [1.807, 2.05) is 19.1 Å². The number of carbonyl (C=O) groups is 1. The van der Waals surface area contributed by atoms with Crippen LogP contribution >= 0.6 is 15.9 Å². The molecule has 0 aromatic heterocycles. The zero-order valence-corrected chi connectivity index (χ0v) is 8.71.